The number of hydrogen-bond acceptors (Lipinski definition) is 3. The van der Waals surface area contributed by atoms with Gasteiger partial charge in [0.2, 0.25) is 0 Å². The van der Waals surface area contributed by atoms with Gasteiger partial charge in [0, 0.05) is 31.1 Å². The lowest BCUT2D eigenvalue weighted by molar-refractivity contribution is -0.131. The quantitative estimate of drug-likeness (QED) is 0.0354. The minimum absolute atomic E-state index is 0.0337. The van der Waals surface area contributed by atoms with Crippen molar-refractivity contribution in [1.29, 1.82) is 0 Å². The largest absolute Gasteiger partial charge is 0.299 e. The monoisotopic (exact) mass is 1170 g/mol. The standard InChI is InChI=1S/C83H122O3/c1-19-20-23-47-79(85)74(46-27-22-25-35-66(6)58-68(8)40-29-37-63(3)49-52-77-71(11)43-32-55-82(77,15)16)61-80(86)73(60-75(84)59-69(9)41-30-38-64(4)50-53-78-72(12)44-33-56-83(78,17)18)45-26-21-24-34-65(5)57-67(7)39-28-36-62(2)48-51-76-70(10)42-31-54-81(76,13)14/h28-30,36-41,48-53,57-59,73-74H,5-6,19-27,31-35,42-47,54-56,60-61H2,1-4,7-18H3. The van der Waals surface area contributed by atoms with E-state index in [0.717, 1.165) is 98.5 Å². The molecule has 0 aromatic carbocycles. The zero-order valence-electron chi connectivity index (χ0n) is 57.9. The minimum atomic E-state index is -0.425. The molecule has 86 heavy (non-hydrogen) atoms. The third kappa shape index (κ3) is 29.1. The molecule has 0 radical (unpaired) electrons. The number of Topliss-reactive ketones (excluding diaryl/α,β-unsaturated/α-hetero) is 2. The van der Waals surface area contributed by atoms with Crippen molar-refractivity contribution >= 4 is 17.3 Å². The molecular weight excluding hydrogens is 1040 g/mol. The van der Waals surface area contributed by atoms with E-state index in [1.807, 2.05) is 19.1 Å². The van der Waals surface area contributed by atoms with Crippen LogP contribution in [0.1, 0.15) is 271 Å². The maximum absolute atomic E-state index is 14.6. The van der Waals surface area contributed by atoms with Crippen LogP contribution in [-0.2, 0) is 14.4 Å². The molecule has 3 heteroatoms. The summed E-state index contributed by atoms with van der Waals surface area (Å²) in [6.45, 7) is 44.6. The molecule has 0 spiro atoms. The fourth-order valence-electron chi connectivity index (χ4n) is 13.1. The van der Waals surface area contributed by atoms with Crippen molar-refractivity contribution < 1.29 is 14.4 Å². The van der Waals surface area contributed by atoms with Crippen LogP contribution < -0.4 is 0 Å². The van der Waals surface area contributed by atoms with Gasteiger partial charge in [-0.2, -0.15) is 0 Å². The summed E-state index contributed by atoms with van der Waals surface area (Å²) in [5, 5.41) is 0. The molecule has 0 aliphatic heterocycles. The topological polar surface area (TPSA) is 51.2 Å². The van der Waals surface area contributed by atoms with Gasteiger partial charge in [0.25, 0.3) is 0 Å². The molecule has 0 saturated carbocycles. The normalized spacial score (nSPS) is 19.4. The number of allylic oxidation sites excluding steroid dienone is 32. The minimum Gasteiger partial charge on any atom is -0.299 e. The molecule has 3 nitrogen and oxygen atoms in total. The first-order valence-electron chi connectivity index (χ1n) is 33.8. The van der Waals surface area contributed by atoms with Gasteiger partial charge in [0.05, 0.1) is 0 Å². The lowest BCUT2D eigenvalue weighted by Gasteiger charge is -2.33. The number of hydrogen-bond donors (Lipinski definition) is 0. The van der Waals surface area contributed by atoms with E-state index in [9.17, 15) is 14.4 Å². The molecule has 0 N–H and O–H groups in total. The van der Waals surface area contributed by atoms with E-state index >= 15 is 0 Å². The van der Waals surface area contributed by atoms with E-state index in [-0.39, 0.29) is 52.4 Å². The van der Waals surface area contributed by atoms with E-state index in [4.69, 9.17) is 0 Å². The molecule has 472 valence electrons. The SMILES string of the molecule is C=C(C=C(C)C=CC=C(C)C=CC1=C(C)CCCC1(C)C)CCCCCC(CC(=O)C=C(C)C=CC=C(C)C=CC1=C(C)CCCC1(C)C)C(=O)CC(CCCCCC(=C)C=C(C)C=CC=C(C)C=CC1=C(C)CCCC1(C)C)C(=O)CCCCC. The molecule has 0 aromatic rings. The van der Waals surface area contributed by atoms with E-state index in [1.54, 1.807) is 6.08 Å². The van der Waals surface area contributed by atoms with Gasteiger partial charge in [-0.15, -0.1) is 0 Å². The Morgan fingerprint density at radius 2 is 0.779 bits per heavy atom. The Labute approximate surface area is 528 Å². The lowest BCUT2D eigenvalue weighted by atomic mass is 9.72. The molecular formula is C83H122O3. The third-order valence-corrected chi connectivity index (χ3v) is 18.5. The summed E-state index contributed by atoms with van der Waals surface area (Å²) >= 11 is 0. The second-order valence-corrected chi connectivity index (χ2v) is 28.4. The zero-order valence-corrected chi connectivity index (χ0v) is 57.9. The van der Waals surface area contributed by atoms with Crippen molar-refractivity contribution in [2.24, 2.45) is 28.1 Å². The number of unbranched alkanes of at least 4 members (excludes halogenated alkanes) is 6. The van der Waals surface area contributed by atoms with Crippen LogP contribution in [0.2, 0.25) is 0 Å². The number of ketones is 3. The maximum atomic E-state index is 14.6. The Kier molecular flexibility index (Phi) is 33.7. The van der Waals surface area contributed by atoms with Crippen LogP contribution in [0.15, 0.2) is 201 Å². The van der Waals surface area contributed by atoms with Crippen molar-refractivity contribution in [2.45, 2.75) is 271 Å². The highest BCUT2D eigenvalue weighted by Gasteiger charge is 2.30. The van der Waals surface area contributed by atoms with Crippen LogP contribution in [0.4, 0.5) is 0 Å². The van der Waals surface area contributed by atoms with Gasteiger partial charge < -0.3 is 0 Å². The number of carbonyl (C=O) groups is 3. The molecule has 0 saturated heterocycles. The van der Waals surface area contributed by atoms with Crippen molar-refractivity contribution in [2.75, 3.05) is 0 Å². The summed E-state index contributed by atoms with van der Waals surface area (Å²) in [5.41, 5.74) is 18.6. The second kappa shape index (κ2) is 38.8. The molecule has 2 unspecified atom stereocenters. The van der Waals surface area contributed by atoms with Crippen molar-refractivity contribution in [3.8, 4) is 0 Å². The predicted octanol–water partition coefficient (Wildman–Crippen LogP) is 24.9. The fraction of sp³-hybridized carbons (Fsp3) is 0.554. The van der Waals surface area contributed by atoms with E-state index in [2.05, 4.69) is 208 Å². The molecule has 0 amide bonds. The maximum Gasteiger partial charge on any atom is 0.156 e. The molecule has 0 aromatic heterocycles. The van der Waals surface area contributed by atoms with Crippen molar-refractivity contribution in [3.05, 3.63) is 201 Å². The van der Waals surface area contributed by atoms with Gasteiger partial charge in [-0.1, -0.05) is 259 Å². The highest BCUT2D eigenvalue weighted by molar-refractivity contribution is 5.96. The average molecular weight is 1170 g/mol. The van der Waals surface area contributed by atoms with Crippen LogP contribution in [0.25, 0.3) is 0 Å². The highest BCUT2D eigenvalue weighted by atomic mass is 16.1. The lowest BCUT2D eigenvalue weighted by Crippen LogP contribution is -2.25. The molecule has 2 atom stereocenters. The Bertz CT molecular complexity index is 2780. The van der Waals surface area contributed by atoms with Crippen LogP contribution in [-0.4, -0.2) is 17.3 Å². The van der Waals surface area contributed by atoms with Gasteiger partial charge >= 0.3 is 0 Å². The Balaban J connectivity index is 1.68. The van der Waals surface area contributed by atoms with Gasteiger partial charge in [-0.25, -0.2) is 0 Å². The first-order valence-corrected chi connectivity index (χ1v) is 33.8. The van der Waals surface area contributed by atoms with Gasteiger partial charge in [0.1, 0.15) is 11.6 Å². The summed E-state index contributed by atoms with van der Waals surface area (Å²) in [6, 6.07) is 0. The predicted molar refractivity (Wildman–Crippen MR) is 378 cm³/mol. The summed E-state index contributed by atoms with van der Waals surface area (Å²) in [4.78, 5) is 42.4. The smallest absolute Gasteiger partial charge is 0.156 e. The molecule has 3 rings (SSSR count). The Hall–Kier alpha value is -5.41. The summed E-state index contributed by atoms with van der Waals surface area (Å²) in [5.74, 6) is -0.508. The van der Waals surface area contributed by atoms with Gasteiger partial charge in [-0.05, 0) is 210 Å². The molecule has 0 heterocycles. The van der Waals surface area contributed by atoms with Gasteiger partial charge in [-0.3, -0.25) is 14.4 Å². The van der Waals surface area contributed by atoms with E-state index in [0.29, 0.717) is 19.3 Å². The fourth-order valence-corrected chi connectivity index (χ4v) is 13.1. The molecule has 0 fully saturated rings. The summed E-state index contributed by atoms with van der Waals surface area (Å²) < 4.78 is 0. The first-order chi connectivity index (χ1) is 40.6. The van der Waals surface area contributed by atoms with E-state index in [1.165, 1.54) is 108 Å². The number of carbonyl (C=O) groups excluding carboxylic acids is 3. The molecule has 3 aliphatic carbocycles. The van der Waals surface area contributed by atoms with Crippen LogP contribution in [0, 0.1) is 28.1 Å². The van der Waals surface area contributed by atoms with Crippen LogP contribution in [0.3, 0.4) is 0 Å². The molecule has 0 bridgehead atoms. The van der Waals surface area contributed by atoms with Crippen molar-refractivity contribution in [1.82, 2.24) is 0 Å². The highest BCUT2D eigenvalue weighted by Crippen LogP contribution is 2.43. The Morgan fingerprint density at radius 1 is 0.430 bits per heavy atom. The first kappa shape index (κ1) is 74.8. The zero-order chi connectivity index (χ0) is 63.9. The van der Waals surface area contributed by atoms with Gasteiger partial charge in [0.15, 0.2) is 5.78 Å². The average Bonchev–Trinajstić information content (AvgIpc) is 1.54. The third-order valence-electron chi connectivity index (χ3n) is 18.5. The van der Waals surface area contributed by atoms with Crippen molar-refractivity contribution in [3.63, 3.8) is 0 Å². The Morgan fingerprint density at radius 3 is 1.14 bits per heavy atom. The van der Waals surface area contributed by atoms with E-state index < -0.39 is 5.92 Å². The second-order valence-electron chi connectivity index (χ2n) is 28.4. The number of rotatable bonds is 37. The van der Waals surface area contributed by atoms with Crippen LogP contribution >= 0.6 is 0 Å². The van der Waals surface area contributed by atoms with Crippen LogP contribution in [0.5, 0.6) is 0 Å². The summed E-state index contributed by atoms with van der Waals surface area (Å²) in [6.07, 6.45) is 62.2. The molecule has 3 aliphatic rings. The summed E-state index contributed by atoms with van der Waals surface area (Å²) in [7, 11) is 0.